The van der Waals surface area contributed by atoms with E-state index in [0.29, 0.717) is 0 Å². The van der Waals surface area contributed by atoms with Crippen LogP contribution in [0.5, 0.6) is 0 Å². The highest BCUT2D eigenvalue weighted by Gasteiger charge is 2.15. The van der Waals surface area contributed by atoms with Gasteiger partial charge in [0.15, 0.2) is 0 Å². The second-order valence-corrected chi connectivity index (χ2v) is 8.01. The van der Waals surface area contributed by atoms with E-state index in [9.17, 15) is 0 Å². The van der Waals surface area contributed by atoms with Crippen molar-refractivity contribution in [2.45, 2.75) is 8.42 Å². The van der Waals surface area contributed by atoms with Crippen LogP contribution < -0.4 is 5.84 Å². The minimum Gasteiger partial charge on any atom is -0.323 e. The van der Waals surface area contributed by atoms with Gasteiger partial charge >= 0.3 is 0 Å². The van der Waals surface area contributed by atoms with Gasteiger partial charge < -0.3 is 5.84 Å². The summed E-state index contributed by atoms with van der Waals surface area (Å²) in [6.45, 7) is 0. The largest absolute Gasteiger partial charge is 0.323 e. The van der Waals surface area contributed by atoms with E-state index in [0.717, 1.165) is 20.4 Å². The summed E-state index contributed by atoms with van der Waals surface area (Å²) >= 11 is 12.1. The molecule has 0 saturated carbocycles. The lowest BCUT2D eigenvalue weighted by atomic mass is 10.5. The van der Waals surface area contributed by atoms with Crippen LogP contribution in [0.15, 0.2) is 13.5 Å². The molecule has 1 aromatic heterocycles. The van der Waals surface area contributed by atoms with Crippen molar-refractivity contribution >= 4 is 64.1 Å². The second-order valence-electron chi connectivity index (χ2n) is 2.30. The van der Waals surface area contributed by atoms with Crippen molar-refractivity contribution in [3.8, 4) is 0 Å². The number of thioether (sulfide) groups is 2. The lowest BCUT2D eigenvalue weighted by Crippen LogP contribution is -2.06. The van der Waals surface area contributed by atoms with Gasteiger partial charge in [-0.3, -0.25) is 0 Å². The quantitative estimate of drug-likeness (QED) is 0.445. The maximum absolute atomic E-state index is 5.25. The molecule has 1 aromatic rings. The molecule has 0 aromatic carbocycles. The first kappa shape index (κ1) is 9.97. The van der Waals surface area contributed by atoms with E-state index < -0.39 is 0 Å². The van der Waals surface area contributed by atoms with Crippen LogP contribution in [0.1, 0.15) is 0 Å². The fourth-order valence-electron chi connectivity index (χ4n) is 0.846. The Labute approximate surface area is 97.6 Å². The minimum atomic E-state index is 0.901. The van der Waals surface area contributed by atoms with E-state index in [-0.39, 0.29) is 0 Å². The third-order valence-electron chi connectivity index (χ3n) is 1.44. The molecule has 13 heavy (non-hydrogen) atoms. The van der Waals surface area contributed by atoms with Gasteiger partial charge in [-0.25, -0.2) is 0 Å². The fraction of sp³-hybridized carbons (Fsp3) is 0.333. The molecule has 1 aliphatic rings. The van der Waals surface area contributed by atoms with E-state index in [2.05, 4.69) is 5.10 Å². The number of fused-ring (bicyclic) bond motifs is 1. The third kappa shape index (κ3) is 2.27. The summed E-state index contributed by atoms with van der Waals surface area (Å²) in [6.07, 6.45) is 0. The highest BCUT2D eigenvalue weighted by molar-refractivity contribution is 8.07. The molecule has 0 radical (unpaired) electrons. The Bertz CT molecular complexity index is 359. The normalized spacial score (nSPS) is 16.5. The maximum atomic E-state index is 5.25. The summed E-state index contributed by atoms with van der Waals surface area (Å²) in [5.41, 5.74) is 1.07. The van der Waals surface area contributed by atoms with Gasteiger partial charge in [0.2, 0.25) is 0 Å². The highest BCUT2D eigenvalue weighted by Crippen LogP contribution is 2.42. The molecule has 0 atom stereocenters. The Morgan fingerprint density at radius 2 is 1.69 bits per heavy atom. The van der Waals surface area contributed by atoms with Gasteiger partial charge in [0, 0.05) is 11.5 Å². The molecule has 70 valence electrons. The first-order valence-corrected chi connectivity index (χ1v) is 7.46. The van der Waals surface area contributed by atoms with Crippen LogP contribution in [0, 0.1) is 3.14 Å². The predicted octanol–water partition coefficient (Wildman–Crippen LogP) is 3.05. The SMILES string of the molecule is NN=C1CSc2sc(=S)sc2SC1. The van der Waals surface area contributed by atoms with Crippen LogP contribution in [0.3, 0.4) is 0 Å². The van der Waals surface area contributed by atoms with Crippen molar-refractivity contribution in [2.75, 3.05) is 11.5 Å². The van der Waals surface area contributed by atoms with Crippen molar-refractivity contribution < 1.29 is 0 Å². The van der Waals surface area contributed by atoms with Gasteiger partial charge in [-0.1, -0.05) is 12.2 Å². The van der Waals surface area contributed by atoms with Gasteiger partial charge in [0.1, 0.15) is 3.14 Å². The molecule has 0 unspecified atom stereocenters. The van der Waals surface area contributed by atoms with Crippen molar-refractivity contribution in [2.24, 2.45) is 10.9 Å². The Morgan fingerprint density at radius 3 is 2.15 bits per heavy atom. The fourth-order valence-corrected chi connectivity index (χ4v) is 6.96. The van der Waals surface area contributed by atoms with E-state index in [4.69, 9.17) is 18.1 Å². The zero-order valence-electron chi connectivity index (χ0n) is 6.48. The lowest BCUT2D eigenvalue weighted by molar-refractivity contribution is 1.24. The van der Waals surface area contributed by atoms with Gasteiger partial charge in [-0.05, 0) is 0 Å². The number of hydrogen-bond donors (Lipinski definition) is 1. The number of rotatable bonds is 0. The molecule has 2 rings (SSSR count). The molecule has 2 N–H and O–H groups in total. The summed E-state index contributed by atoms with van der Waals surface area (Å²) in [7, 11) is 0. The molecule has 0 aliphatic carbocycles. The molecule has 0 amide bonds. The summed E-state index contributed by atoms with van der Waals surface area (Å²) < 4.78 is 3.68. The molecule has 2 heterocycles. The van der Waals surface area contributed by atoms with Crippen molar-refractivity contribution in [1.82, 2.24) is 0 Å². The van der Waals surface area contributed by atoms with Gasteiger partial charge in [-0.2, -0.15) is 5.10 Å². The van der Waals surface area contributed by atoms with E-state index in [1.54, 1.807) is 46.2 Å². The molecule has 0 spiro atoms. The molecule has 0 saturated heterocycles. The standard InChI is InChI=1S/C6H6N2S5/c7-8-3-1-10-4-5(11-2-3)13-6(9)12-4/h1-2,7H2. The molecular weight excluding hydrogens is 260 g/mol. The van der Waals surface area contributed by atoms with Crippen LogP contribution in [0.25, 0.3) is 0 Å². The smallest absolute Gasteiger partial charge is 0.145 e. The number of hydrazone groups is 1. The Morgan fingerprint density at radius 1 is 1.15 bits per heavy atom. The third-order valence-corrected chi connectivity index (χ3v) is 7.17. The molecule has 0 bridgehead atoms. The second kappa shape index (κ2) is 4.31. The monoisotopic (exact) mass is 266 g/mol. The predicted molar refractivity (Wildman–Crippen MR) is 66.1 cm³/mol. The average Bonchev–Trinajstić information content (AvgIpc) is 2.37. The van der Waals surface area contributed by atoms with Crippen LogP contribution >= 0.6 is 58.4 Å². The minimum absolute atomic E-state index is 0.901. The topological polar surface area (TPSA) is 38.4 Å². The molecule has 1 aliphatic heterocycles. The first-order chi connectivity index (χ1) is 6.29. The molecular formula is C6H6N2S5. The van der Waals surface area contributed by atoms with E-state index in [1.807, 2.05) is 0 Å². The number of nitrogens with two attached hydrogens (primary N) is 1. The Hall–Kier alpha value is 0.440. The summed E-state index contributed by atoms with van der Waals surface area (Å²) in [5.74, 6) is 7.06. The Kier molecular flexibility index (Phi) is 3.31. The molecule has 7 heteroatoms. The first-order valence-electron chi connectivity index (χ1n) is 3.45. The van der Waals surface area contributed by atoms with E-state index in [1.165, 1.54) is 8.42 Å². The molecule has 0 fully saturated rings. The summed E-state index contributed by atoms with van der Waals surface area (Å²) in [5, 5.41) is 3.75. The van der Waals surface area contributed by atoms with Crippen molar-refractivity contribution in [3.05, 3.63) is 3.14 Å². The summed E-state index contributed by atoms with van der Waals surface area (Å²) in [6, 6.07) is 0. The zero-order valence-corrected chi connectivity index (χ0v) is 10.6. The zero-order chi connectivity index (χ0) is 9.26. The van der Waals surface area contributed by atoms with E-state index >= 15 is 0 Å². The Balaban J connectivity index is 2.29. The van der Waals surface area contributed by atoms with Crippen molar-refractivity contribution in [3.63, 3.8) is 0 Å². The number of nitrogens with zero attached hydrogens (tertiary/aromatic N) is 1. The van der Waals surface area contributed by atoms with Crippen LogP contribution in [-0.2, 0) is 0 Å². The highest BCUT2D eigenvalue weighted by atomic mass is 32.2. The maximum Gasteiger partial charge on any atom is 0.145 e. The van der Waals surface area contributed by atoms with Crippen LogP contribution in [-0.4, -0.2) is 17.2 Å². The lowest BCUT2D eigenvalue weighted by Gasteiger charge is -1.95. The molecule has 2 nitrogen and oxygen atoms in total. The average molecular weight is 266 g/mol. The van der Waals surface area contributed by atoms with Crippen molar-refractivity contribution in [1.29, 1.82) is 0 Å². The number of hydrogen-bond acceptors (Lipinski definition) is 7. The van der Waals surface area contributed by atoms with Gasteiger partial charge in [-0.15, -0.1) is 46.2 Å². The summed E-state index contributed by atoms with van der Waals surface area (Å²) in [4.78, 5) is 0. The van der Waals surface area contributed by atoms with Crippen LogP contribution in [0.4, 0.5) is 0 Å². The van der Waals surface area contributed by atoms with Gasteiger partial charge in [0.25, 0.3) is 0 Å². The van der Waals surface area contributed by atoms with Crippen LogP contribution in [0.2, 0.25) is 0 Å². The van der Waals surface area contributed by atoms with Gasteiger partial charge in [0.05, 0.1) is 14.1 Å².